The Kier molecular flexibility index (Phi) is 2.38. The van der Waals surface area contributed by atoms with Gasteiger partial charge in [0.1, 0.15) is 5.71 Å². The molecule has 0 aliphatic carbocycles. The van der Waals surface area contributed by atoms with Crippen LogP contribution in [-0.2, 0) is 11.2 Å². The predicted molar refractivity (Wildman–Crippen MR) is 43.4 cm³/mol. The molecule has 1 heterocycles. The molecule has 11 heavy (non-hydrogen) atoms. The summed E-state index contributed by atoms with van der Waals surface area (Å²) in [7, 11) is 0. The molecule has 0 bridgehead atoms. The highest BCUT2D eigenvalue weighted by atomic mass is 32.1. The summed E-state index contributed by atoms with van der Waals surface area (Å²) in [6, 6.07) is 3.66. The Balaban J connectivity index is 2.57. The Morgan fingerprint density at radius 3 is 2.91 bits per heavy atom. The Hall–Kier alpha value is -1.16. The van der Waals surface area contributed by atoms with Crippen LogP contribution < -0.4 is 0 Å². The largest absolute Gasteiger partial charge is 0.477 e. The molecule has 0 saturated carbocycles. The van der Waals surface area contributed by atoms with E-state index in [9.17, 15) is 4.79 Å². The van der Waals surface area contributed by atoms with Crippen molar-refractivity contribution in [1.29, 1.82) is 5.41 Å². The van der Waals surface area contributed by atoms with Gasteiger partial charge in [0.25, 0.3) is 0 Å². The van der Waals surface area contributed by atoms with E-state index in [4.69, 9.17) is 10.5 Å². The lowest BCUT2D eigenvalue weighted by molar-refractivity contribution is -0.129. The molecule has 2 N–H and O–H groups in total. The van der Waals surface area contributed by atoms with Gasteiger partial charge in [-0.25, -0.2) is 4.79 Å². The quantitative estimate of drug-likeness (QED) is 0.672. The highest BCUT2D eigenvalue weighted by Gasteiger charge is 2.07. The molecule has 0 fully saturated rings. The van der Waals surface area contributed by atoms with Crippen LogP contribution in [0.5, 0.6) is 0 Å². The van der Waals surface area contributed by atoms with Gasteiger partial charge in [0.05, 0.1) is 0 Å². The van der Waals surface area contributed by atoms with E-state index in [1.807, 2.05) is 17.5 Å². The fourth-order valence-electron chi connectivity index (χ4n) is 0.663. The first-order chi connectivity index (χ1) is 5.20. The van der Waals surface area contributed by atoms with Gasteiger partial charge in [-0.1, -0.05) is 6.07 Å². The summed E-state index contributed by atoms with van der Waals surface area (Å²) in [4.78, 5) is 11.1. The molecular formula is C7H7NO2S. The number of carboxylic acid groups (broad SMARTS) is 1. The third-order valence-corrected chi connectivity index (χ3v) is 2.07. The maximum Gasteiger partial charge on any atom is 0.349 e. The number of thiophene rings is 1. The Morgan fingerprint density at radius 1 is 1.73 bits per heavy atom. The van der Waals surface area contributed by atoms with Crippen molar-refractivity contribution in [3.05, 3.63) is 22.4 Å². The van der Waals surface area contributed by atoms with E-state index in [1.54, 1.807) is 0 Å². The number of carboxylic acids is 1. The first-order valence-corrected chi connectivity index (χ1v) is 3.91. The van der Waals surface area contributed by atoms with Gasteiger partial charge >= 0.3 is 5.97 Å². The minimum atomic E-state index is -1.14. The van der Waals surface area contributed by atoms with Crippen LogP contribution in [0.2, 0.25) is 0 Å². The number of nitrogens with one attached hydrogen (secondary N) is 1. The molecule has 3 nitrogen and oxygen atoms in total. The van der Waals surface area contributed by atoms with Crippen molar-refractivity contribution in [3.8, 4) is 0 Å². The summed E-state index contributed by atoms with van der Waals surface area (Å²) in [6.45, 7) is 0. The van der Waals surface area contributed by atoms with Crippen LogP contribution in [-0.4, -0.2) is 16.8 Å². The van der Waals surface area contributed by atoms with E-state index >= 15 is 0 Å². The van der Waals surface area contributed by atoms with E-state index in [0.29, 0.717) is 0 Å². The molecule has 1 aromatic heterocycles. The summed E-state index contributed by atoms with van der Waals surface area (Å²) in [5.41, 5.74) is -0.257. The predicted octanol–water partition coefficient (Wildman–Crippen LogP) is 1.39. The first kappa shape index (κ1) is 7.94. The van der Waals surface area contributed by atoms with Gasteiger partial charge in [0.2, 0.25) is 0 Å². The normalized spacial score (nSPS) is 9.45. The van der Waals surface area contributed by atoms with Crippen molar-refractivity contribution in [2.24, 2.45) is 0 Å². The number of aliphatic carboxylic acids is 1. The minimum absolute atomic E-state index is 0.229. The van der Waals surface area contributed by atoms with Crippen LogP contribution >= 0.6 is 11.3 Å². The molecule has 1 aromatic rings. The van der Waals surface area contributed by atoms with Crippen molar-refractivity contribution in [2.45, 2.75) is 6.42 Å². The van der Waals surface area contributed by atoms with E-state index in [-0.39, 0.29) is 12.1 Å². The van der Waals surface area contributed by atoms with Gasteiger partial charge in [-0.05, 0) is 11.4 Å². The molecule has 58 valence electrons. The van der Waals surface area contributed by atoms with E-state index in [0.717, 1.165) is 4.88 Å². The molecule has 0 amide bonds. The maximum absolute atomic E-state index is 10.2. The van der Waals surface area contributed by atoms with Gasteiger partial charge < -0.3 is 5.11 Å². The van der Waals surface area contributed by atoms with Crippen molar-refractivity contribution in [1.82, 2.24) is 0 Å². The number of hydrogen-bond donors (Lipinski definition) is 2. The lowest BCUT2D eigenvalue weighted by Crippen LogP contribution is -2.13. The summed E-state index contributed by atoms with van der Waals surface area (Å²) < 4.78 is 0. The highest BCUT2D eigenvalue weighted by molar-refractivity contribution is 7.10. The topological polar surface area (TPSA) is 61.2 Å². The fraction of sp³-hybridized carbons (Fsp3) is 0.143. The van der Waals surface area contributed by atoms with Gasteiger partial charge in [-0.2, -0.15) is 0 Å². The summed E-state index contributed by atoms with van der Waals surface area (Å²) in [6.07, 6.45) is 0.229. The zero-order chi connectivity index (χ0) is 8.27. The van der Waals surface area contributed by atoms with Crippen molar-refractivity contribution in [2.75, 3.05) is 0 Å². The zero-order valence-electron chi connectivity index (χ0n) is 5.70. The highest BCUT2D eigenvalue weighted by Crippen LogP contribution is 2.09. The molecule has 0 atom stereocenters. The van der Waals surface area contributed by atoms with Crippen molar-refractivity contribution in [3.63, 3.8) is 0 Å². The van der Waals surface area contributed by atoms with E-state index in [2.05, 4.69) is 0 Å². The second-order valence-electron chi connectivity index (χ2n) is 2.04. The third kappa shape index (κ3) is 2.16. The third-order valence-electron chi connectivity index (χ3n) is 1.19. The standard InChI is InChI=1S/C7H7NO2S/c8-6(7(9)10)4-5-2-1-3-11-5/h1-3,8H,4H2,(H,9,10). The lowest BCUT2D eigenvalue weighted by atomic mass is 10.2. The van der Waals surface area contributed by atoms with Gasteiger partial charge in [0.15, 0.2) is 0 Å². The molecule has 0 aliphatic heterocycles. The molecule has 0 radical (unpaired) electrons. The van der Waals surface area contributed by atoms with Crippen LogP contribution in [0.3, 0.4) is 0 Å². The monoisotopic (exact) mass is 169 g/mol. The average Bonchev–Trinajstić information content (AvgIpc) is 2.39. The molecule has 0 spiro atoms. The molecule has 4 heteroatoms. The number of carbonyl (C=O) groups is 1. The smallest absolute Gasteiger partial charge is 0.349 e. The minimum Gasteiger partial charge on any atom is -0.477 e. The Labute approximate surface area is 67.8 Å². The van der Waals surface area contributed by atoms with Crippen molar-refractivity contribution >= 4 is 23.0 Å². The molecule has 0 unspecified atom stereocenters. The SMILES string of the molecule is N=C(Cc1cccs1)C(=O)O. The van der Waals surface area contributed by atoms with E-state index < -0.39 is 5.97 Å². The Bertz CT molecular complexity index is 266. The lowest BCUT2D eigenvalue weighted by Gasteiger charge is -1.92. The van der Waals surface area contributed by atoms with Crippen LogP contribution in [0.4, 0.5) is 0 Å². The van der Waals surface area contributed by atoms with Crippen LogP contribution in [0, 0.1) is 5.41 Å². The summed E-state index contributed by atoms with van der Waals surface area (Å²) in [5.74, 6) is -1.14. The summed E-state index contributed by atoms with van der Waals surface area (Å²) in [5, 5.41) is 17.3. The molecule has 0 aliphatic rings. The van der Waals surface area contributed by atoms with Gasteiger partial charge in [-0.15, -0.1) is 11.3 Å². The first-order valence-electron chi connectivity index (χ1n) is 3.03. The van der Waals surface area contributed by atoms with Crippen LogP contribution in [0.15, 0.2) is 17.5 Å². The number of rotatable bonds is 3. The van der Waals surface area contributed by atoms with Gasteiger partial charge in [-0.3, -0.25) is 5.41 Å². The maximum atomic E-state index is 10.2. The number of hydrogen-bond acceptors (Lipinski definition) is 3. The average molecular weight is 169 g/mol. The molecule has 0 aromatic carbocycles. The molecular weight excluding hydrogens is 162 g/mol. The second-order valence-corrected chi connectivity index (χ2v) is 3.07. The zero-order valence-corrected chi connectivity index (χ0v) is 6.52. The van der Waals surface area contributed by atoms with Crippen LogP contribution in [0.1, 0.15) is 4.88 Å². The molecule has 1 rings (SSSR count). The van der Waals surface area contributed by atoms with Crippen LogP contribution in [0.25, 0.3) is 0 Å². The molecule has 0 saturated heterocycles. The fourth-order valence-corrected chi connectivity index (χ4v) is 1.38. The summed E-state index contributed by atoms with van der Waals surface area (Å²) >= 11 is 1.46. The Morgan fingerprint density at radius 2 is 2.45 bits per heavy atom. The van der Waals surface area contributed by atoms with E-state index in [1.165, 1.54) is 11.3 Å². The van der Waals surface area contributed by atoms with Crippen molar-refractivity contribution < 1.29 is 9.90 Å². The van der Waals surface area contributed by atoms with Gasteiger partial charge in [0, 0.05) is 11.3 Å². The second kappa shape index (κ2) is 3.30.